The number of nitrogens with zero attached hydrogens (tertiary/aromatic N) is 2. The lowest BCUT2D eigenvalue weighted by molar-refractivity contribution is -0.142. The summed E-state index contributed by atoms with van der Waals surface area (Å²) in [6.45, 7) is 0.790. The maximum Gasteiger partial charge on any atom is 0.407 e. The first-order valence-corrected chi connectivity index (χ1v) is 11.7. The highest BCUT2D eigenvalue weighted by molar-refractivity contribution is 5.89. The standard InChI is InChI=1S/C26H31N3O6/c1-28(2)15-26(34)11-12-29(16-26)24(32)22(13-23(30)31)27-25(33)35-14-21-19-9-5-3-7-17(19)18-8-4-6-10-20(18)21/h3-10,21-22,34H,11-16H2,1-2H3,(H,27,33)(H,30,31). The molecule has 1 aliphatic heterocycles. The van der Waals surface area contributed by atoms with Crippen molar-refractivity contribution in [3.8, 4) is 11.1 Å². The van der Waals surface area contributed by atoms with Crippen LogP contribution in [0.4, 0.5) is 4.79 Å². The molecule has 0 saturated carbocycles. The van der Waals surface area contributed by atoms with Crippen molar-refractivity contribution in [2.45, 2.75) is 30.4 Å². The lowest BCUT2D eigenvalue weighted by Crippen LogP contribution is -2.51. The number of alkyl carbamates (subject to hydrolysis) is 1. The van der Waals surface area contributed by atoms with Crippen LogP contribution in [-0.2, 0) is 14.3 Å². The molecule has 186 valence electrons. The summed E-state index contributed by atoms with van der Waals surface area (Å²) < 4.78 is 5.49. The lowest BCUT2D eigenvalue weighted by atomic mass is 9.98. The van der Waals surface area contributed by atoms with Crippen LogP contribution in [0.5, 0.6) is 0 Å². The fourth-order valence-electron chi connectivity index (χ4n) is 5.14. The van der Waals surface area contributed by atoms with Crippen LogP contribution >= 0.6 is 0 Å². The number of likely N-dealkylation sites (N-methyl/N-ethyl adjacent to an activating group) is 1. The Kier molecular flexibility index (Phi) is 7.09. The number of hydrogen-bond acceptors (Lipinski definition) is 6. The first kappa shape index (κ1) is 24.7. The largest absolute Gasteiger partial charge is 0.481 e. The van der Waals surface area contributed by atoms with Gasteiger partial charge in [-0.05, 0) is 42.8 Å². The molecule has 9 nitrogen and oxygen atoms in total. The Morgan fingerprint density at radius 2 is 1.71 bits per heavy atom. The number of carboxylic acids is 1. The topological polar surface area (TPSA) is 119 Å². The molecule has 0 radical (unpaired) electrons. The molecule has 1 heterocycles. The van der Waals surface area contributed by atoms with Crippen LogP contribution in [0.15, 0.2) is 48.5 Å². The number of benzene rings is 2. The minimum atomic E-state index is -1.29. The summed E-state index contributed by atoms with van der Waals surface area (Å²) in [5.41, 5.74) is 3.22. The van der Waals surface area contributed by atoms with Gasteiger partial charge in [-0.1, -0.05) is 48.5 Å². The first-order chi connectivity index (χ1) is 16.7. The number of aliphatic carboxylic acids is 1. The monoisotopic (exact) mass is 481 g/mol. The van der Waals surface area contributed by atoms with Crippen molar-refractivity contribution < 1.29 is 29.3 Å². The maximum absolute atomic E-state index is 13.0. The smallest absolute Gasteiger partial charge is 0.407 e. The third-order valence-electron chi connectivity index (χ3n) is 6.57. The van der Waals surface area contributed by atoms with Gasteiger partial charge in [-0.25, -0.2) is 4.79 Å². The van der Waals surface area contributed by atoms with E-state index in [1.165, 1.54) is 4.90 Å². The van der Waals surface area contributed by atoms with E-state index in [4.69, 9.17) is 4.74 Å². The molecule has 3 N–H and O–H groups in total. The highest BCUT2D eigenvalue weighted by atomic mass is 16.5. The fraction of sp³-hybridized carbons (Fsp3) is 0.423. The molecule has 0 spiro atoms. The molecule has 4 rings (SSSR count). The number of ether oxygens (including phenoxy) is 1. The van der Waals surface area contributed by atoms with Gasteiger partial charge >= 0.3 is 12.1 Å². The summed E-state index contributed by atoms with van der Waals surface area (Å²) in [6, 6.07) is 14.6. The number of aliphatic hydroxyl groups is 1. The predicted octanol–water partition coefficient (Wildman–Crippen LogP) is 1.89. The zero-order chi connectivity index (χ0) is 25.2. The highest BCUT2D eigenvalue weighted by Gasteiger charge is 2.41. The third-order valence-corrected chi connectivity index (χ3v) is 6.57. The molecule has 35 heavy (non-hydrogen) atoms. The second kappa shape index (κ2) is 10.1. The number of hydrogen-bond donors (Lipinski definition) is 3. The van der Waals surface area contributed by atoms with Crippen LogP contribution < -0.4 is 5.32 Å². The Hall–Kier alpha value is -3.43. The van der Waals surface area contributed by atoms with E-state index in [0.29, 0.717) is 13.0 Å². The van der Waals surface area contributed by atoms with Gasteiger partial charge < -0.3 is 30.1 Å². The molecule has 2 unspecified atom stereocenters. The number of likely N-dealkylation sites (tertiary alicyclic amines) is 1. The second-order valence-electron chi connectivity index (χ2n) is 9.59. The van der Waals surface area contributed by atoms with E-state index in [-0.39, 0.29) is 25.6 Å². The van der Waals surface area contributed by atoms with E-state index >= 15 is 0 Å². The zero-order valence-corrected chi connectivity index (χ0v) is 19.9. The van der Waals surface area contributed by atoms with Crippen LogP contribution in [0.2, 0.25) is 0 Å². The average molecular weight is 482 g/mol. The molecule has 2 atom stereocenters. The number of nitrogens with one attached hydrogen (secondary N) is 1. The molecule has 2 aromatic rings. The van der Waals surface area contributed by atoms with Gasteiger partial charge in [-0.2, -0.15) is 0 Å². The van der Waals surface area contributed by atoms with E-state index < -0.39 is 36.0 Å². The van der Waals surface area contributed by atoms with E-state index in [1.54, 1.807) is 0 Å². The minimum Gasteiger partial charge on any atom is -0.481 e. The molecule has 1 saturated heterocycles. The van der Waals surface area contributed by atoms with E-state index in [1.807, 2.05) is 67.5 Å². The molecule has 2 aromatic carbocycles. The van der Waals surface area contributed by atoms with Crippen LogP contribution in [0.25, 0.3) is 11.1 Å². The van der Waals surface area contributed by atoms with Gasteiger partial charge in [-0.3, -0.25) is 9.59 Å². The van der Waals surface area contributed by atoms with Gasteiger partial charge in [0.05, 0.1) is 18.6 Å². The molecule has 0 aromatic heterocycles. The van der Waals surface area contributed by atoms with Gasteiger partial charge in [0.1, 0.15) is 12.6 Å². The minimum absolute atomic E-state index is 0.0557. The van der Waals surface area contributed by atoms with Crippen molar-refractivity contribution in [2.24, 2.45) is 0 Å². The van der Waals surface area contributed by atoms with Crippen molar-refractivity contribution in [2.75, 3.05) is 40.3 Å². The quantitative estimate of drug-likeness (QED) is 0.527. The van der Waals surface area contributed by atoms with Crippen LogP contribution in [0, 0.1) is 0 Å². The van der Waals surface area contributed by atoms with Crippen molar-refractivity contribution in [1.29, 1.82) is 0 Å². The molecular formula is C26H31N3O6. The summed E-state index contributed by atoms with van der Waals surface area (Å²) >= 11 is 0. The fourth-order valence-corrected chi connectivity index (χ4v) is 5.14. The van der Waals surface area contributed by atoms with E-state index in [2.05, 4.69) is 5.32 Å². The van der Waals surface area contributed by atoms with Crippen molar-refractivity contribution in [3.63, 3.8) is 0 Å². The number of amides is 2. The predicted molar refractivity (Wildman–Crippen MR) is 129 cm³/mol. The van der Waals surface area contributed by atoms with Gasteiger partial charge in [0, 0.05) is 19.0 Å². The summed E-state index contributed by atoms with van der Waals surface area (Å²) in [5, 5.41) is 22.5. The number of β-amino-alcohol motifs (C(OH)–C–C–N with tert-alkyl or cyclic N) is 1. The van der Waals surface area contributed by atoms with Crippen molar-refractivity contribution >= 4 is 18.0 Å². The molecular weight excluding hydrogens is 450 g/mol. The van der Waals surface area contributed by atoms with Crippen LogP contribution in [0.1, 0.15) is 29.9 Å². The van der Waals surface area contributed by atoms with Gasteiger partial charge in [0.15, 0.2) is 0 Å². The maximum atomic E-state index is 13.0. The number of carboxylic acid groups (broad SMARTS) is 1. The Bertz CT molecular complexity index is 1070. The third kappa shape index (κ3) is 5.47. The van der Waals surface area contributed by atoms with Crippen LogP contribution in [0.3, 0.4) is 0 Å². The molecule has 2 amide bonds. The summed E-state index contributed by atoms with van der Waals surface area (Å²) in [6.07, 6.45) is -1.05. The average Bonchev–Trinajstić information content (AvgIpc) is 3.34. The van der Waals surface area contributed by atoms with Crippen molar-refractivity contribution in [3.05, 3.63) is 59.7 Å². The Labute approximate surface area is 204 Å². The second-order valence-corrected chi connectivity index (χ2v) is 9.59. The molecule has 2 aliphatic rings. The summed E-state index contributed by atoms with van der Waals surface area (Å²) in [5.74, 6) is -1.91. The Morgan fingerprint density at radius 1 is 1.11 bits per heavy atom. The summed E-state index contributed by atoms with van der Waals surface area (Å²) in [4.78, 5) is 40.3. The highest BCUT2D eigenvalue weighted by Crippen LogP contribution is 2.44. The van der Waals surface area contributed by atoms with Crippen LogP contribution in [-0.4, -0.2) is 90.0 Å². The normalized spacial score (nSPS) is 19.8. The molecule has 9 heteroatoms. The zero-order valence-electron chi connectivity index (χ0n) is 19.9. The van der Waals surface area contributed by atoms with E-state index in [0.717, 1.165) is 22.3 Å². The molecule has 1 aliphatic carbocycles. The summed E-state index contributed by atoms with van der Waals surface area (Å²) in [7, 11) is 3.66. The van der Waals surface area contributed by atoms with Gasteiger partial charge in [0.2, 0.25) is 5.91 Å². The van der Waals surface area contributed by atoms with Gasteiger partial charge in [-0.15, -0.1) is 0 Å². The molecule has 0 bridgehead atoms. The van der Waals surface area contributed by atoms with Gasteiger partial charge in [0.25, 0.3) is 0 Å². The Balaban J connectivity index is 1.41. The first-order valence-electron chi connectivity index (χ1n) is 11.7. The number of rotatable bonds is 8. The lowest BCUT2D eigenvalue weighted by Gasteiger charge is -2.28. The van der Waals surface area contributed by atoms with Crippen molar-refractivity contribution in [1.82, 2.24) is 15.1 Å². The number of carbonyl (C=O) groups excluding carboxylic acids is 2. The number of carbonyl (C=O) groups is 3. The SMILES string of the molecule is CN(C)CC1(O)CCN(C(=O)C(CC(=O)O)NC(=O)OCC2c3ccccc3-c3ccccc32)C1. The van der Waals surface area contributed by atoms with E-state index in [9.17, 15) is 24.6 Å². The Morgan fingerprint density at radius 3 is 2.29 bits per heavy atom. The molecule has 1 fully saturated rings. The number of fused-ring (bicyclic) bond motifs is 3.